The molecule has 1 N–H and O–H groups in total. The van der Waals surface area contributed by atoms with Crippen LogP contribution < -0.4 is 14.8 Å². The van der Waals surface area contributed by atoms with E-state index < -0.39 is 0 Å². The van der Waals surface area contributed by atoms with E-state index >= 15 is 0 Å². The van der Waals surface area contributed by atoms with E-state index in [0.717, 1.165) is 98.7 Å². The van der Waals surface area contributed by atoms with Gasteiger partial charge in [0.15, 0.2) is 11.5 Å². The Bertz CT molecular complexity index is 1930. The van der Waals surface area contributed by atoms with Gasteiger partial charge in [-0.25, -0.2) is 4.68 Å². The van der Waals surface area contributed by atoms with Crippen LogP contribution in [-0.2, 0) is 14.9 Å². The van der Waals surface area contributed by atoms with Crippen molar-refractivity contribution < 1.29 is 19.0 Å². The summed E-state index contributed by atoms with van der Waals surface area (Å²) in [5.74, 6) is 2.92. The van der Waals surface area contributed by atoms with Crippen molar-refractivity contribution in [3.63, 3.8) is 0 Å². The van der Waals surface area contributed by atoms with Crippen molar-refractivity contribution in [2.45, 2.75) is 52.1 Å². The number of hydrogen-bond acceptors (Lipinski definition) is 9. The minimum atomic E-state index is -0.152. The van der Waals surface area contributed by atoms with Gasteiger partial charge in [-0.2, -0.15) is 5.10 Å². The summed E-state index contributed by atoms with van der Waals surface area (Å²) >= 11 is 0. The van der Waals surface area contributed by atoms with E-state index in [-0.39, 0.29) is 17.4 Å². The summed E-state index contributed by atoms with van der Waals surface area (Å²) < 4.78 is 21.8. The first-order chi connectivity index (χ1) is 24.7. The van der Waals surface area contributed by atoms with Gasteiger partial charge in [0.25, 0.3) is 0 Å². The minimum Gasteiger partial charge on any atom is -0.492 e. The van der Waals surface area contributed by atoms with E-state index in [4.69, 9.17) is 19.3 Å². The standard InChI is InChI=1S/C39H48N8O4/c1-28-8-10-30(11-9-28)47-36(25-34(43-47)39(2,3)4)40-37(48)27-45-16-14-31(15-17-45)51-33-12-13-35-41-42-38(46(35)26-33)29-6-5-7-32(24-29)50-23-20-44-18-21-49-22-19-44/h5-13,24-26,31H,14-23,27H2,1-4H3,(H,40,48). The van der Waals surface area contributed by atoms with Gasteiger partial charge in [-0.15, -0.1) is 10.2 Å². The van der Waals surface area contributed by atoms with Crippen LogP contribution in [0.3, 0.4) is 0 Å². The third-order valence-corrected chi connectivity index (χ3v) is 9.48. The van der Waals surface area contributed by atoms with Crippen LogP contribution in [0.15, 0.2) is 72.9 Å². The van der Waals surface area contributed by atoms with E-state index in [0.29, 0.717) is 19.0 Å². The number of carbonyl (C=O) groups is 1. The highest BCUT2D eigenvalue weighted by Gasteiger charge is 2.25. The molecule has 0 radical (unpaired) electrons. The summed E-state index contributed by atoms with van der Waals surface area (Å²) in [7, 11) is 0. The lowest BCUT2D eigenvalue weighted by Crippen LogP contribution is -2.42. The van der Waals surface area contributed by atoms with Gasteiger partial charge in [-0.05, 0) is 56.2 Å². The number of piperidine rings is 1. The smallest absolute Gasteiger partial charge is 0.239 e. The van der Waals surface area contributed by atoms with Gasteiger partial charge >= 0.3 is 0 Å². The second kappa shape index (κ2) is 15.2. The molecule has 0 bridgehead atoms. The predicted octanol–water partition coefficient (Wildman–Crippen LogP) is 5.38. The number of rotatable bonds is 11. The summed E-state index contributed by atoms with van der Waals surface area (Å²) in [5, 5.41) is 16.9. The molecule has 2 aromatic carbocycles. The molecule has 51 heavy (non-hydrogen) atoms. The molecule has 1 amide bonds. The quantitative estimate of drug-likeness (QED) is 0.195. The number of ether oxygens (including phenoxy) is 3. The maximum Gasteiger partial charge on any atom is 0.239 e. The molecule has 2 aliphatic rings. The molecule has 2 saturated heterocycles. The van der Waals surface area contributed by atoms with Crippen molar-refractivity contribution in [3.05, 3.63) is 84.2 Å². The van der Waals surface area contributed by atoms with E-state index in [1.165, 1.54) is 5.56 Å². The lowest BCUT2D eigenvalue weighted by Gasteiger charge is -2.31. The van der Waals surface area contributed by atoms with Crippen molar-refractivity contribution in [1.29, 1.82) is 0 Å². The molecule has 5 aromatic rings. The fourth-order valence-electron chi connectivity index (χ4n) is 6.46. The largest absolute Gasteiger partial charge is 0.492 e. The number of morpholine rings is 1. The van der Waals surface area contributed by atoms with Crippen LogP contribution >= 0.6 is 0 Å². The summed E-state index contributed by atoms with van der Waals surface area (Å²) in [6, 6.07) is 22.0. The molecule has 2 aliphatic heterocycles. The number of hydrogen-bond donors (Lipinski definition) is 1. The molecule has 0 aliphatic carbocycles. The fraction of sp³-hybridized carbons (Fsp3) is 0.436. The molecule has 7 rings (SSSR count). The molecule has 268 valence electrons. The Morgan fingerprint density at radius 3 is 2.47 bits per heavy atom. The van der Waals surface area contributed by atoms with Crippen LogP contribution in [-0.4, -0.2) is 105 Å². The summed E-state index contributed by atoms with van der Waals surface area (Å²) in [6.07, 6.45) is 3.64. The lowest BCUT2D eigenvalue weighted by atomic mass is 9.92. The van der Waals surface area contributed by atoms with Gasteiger partial charge < -0.3 is 19.5 Å². The maximum atomic E-state index is 13.3. The number of pyridine rings is 1. The van der Waals surface area contributed by atoms with Crippen LogP contribution in [0.25, 0.3) is 22.7 Å². The highest BCUT2D eigenvalue weighted by molar-refractivity contribution is 5.91. The maximum absolute atomic E-state index is 13.3. The van der Waals surface area contributed by atoms with E-state index in [9.17, 15) is 4.79 Å². The number of anilines is 1. The average molecular weight is 693 g/mol. The van der Waals surface area contributed by atoms with Crippen LogP contribution in [0, 0.1) is 6.92 Å². The van der Waals surface area contributed by atoms with Gasteiger partial charge in [0.2, 0.25) is 5.91 Å². The number of carbonyl (C=O) groups excluding carboxylic acids is 1. The molecule has 0 spiro atoms. The number of fused-ring (bicyclic) bond motifs is 1. The van der Waals surface area contributed by atoms with Crippen LogP contribution in [0.4, 0.5) is 5.82 Å². The Hall–Kier alpha value is -4.78. The third kappa shape index (κ3) is 8.58. The monoisotopic (exact) mass is 692 g/mol. The minimum absolute atomic E-state index is 0.0437. The van der Waals surface area contributed by atoms with Crippen molar-refractivity contribution in [1.82, 2.24) is 34.2 Å². The number of likely N-dealkylation sites (tertiary alicyclic amines) is 1. The number of aryl methyl sites for hydroxylation is 1. The zero-order chi connectivity index (χ0) is 35.4. The Labute approximate surface area is 299 Å². The normalized spacial score (nSPS) is 16.4. The molecule has 0 saturated carbocycles. The second-order valence-electron chi connectivity index (χ2n) is 14.5. The highest BCUT2D eigenvalue weighted by atomic mass is 16.5. The average Bonchev–Trinajstić information content (AvgIpc) is 3.75. The Morgan fingerprint density at radius 2 is 1.71 bits per heavy atom. The SMILES string of the molecule is Cc1ccc(-n2nc(C(C)(C)C)cc2NC(=O)CN2CCC(Oc3ccc4nnc(-c5cccc(OCCN6CCOCC6)c5)n4c3)CC2)cc1. The molecule has 12 nitrogen and oxygen atoms in total. The zero-order valence-electron chi connectivity index (χ0n) is 30.0. The Morgan fingerprint density at radius 1 is 0.922 bits per heavy atom. The first kappa shape index (κ1) is 34.7. The molecule has 12 heteroatoms. The van der Waals surface area contributed by atoms with Crippen LogP contribution in [0.2, 0.25) is 0 Å². The van der Waals surface area contributed by atoms with E-state index in [1.54, 1.807) is 0 Å². The van der Waals surface area contributed by atoms with Gasteiger partial charge in [0, 0.05) is 49.8 Å². The Balaban J connectivity index is 0.937. The number of amides is 1. The van der Waals surface area contributed by atoms with Crippen LogP contribution in [0.5, 0.6) is 11.5 Å². The van der Waals surface area contributed by atoms with Gasteiger partial charge in [-0.3, -0.25) is 19.0 Å². The van der Waals surface area contributed by atoms with Crippen molar-refractivity contribution in [2.75, 3.05) is 64.4 Å². The van der Waals surface area contributed by atoms with Crippen molar-refractivity contribution in [3.8, 4) is 28.6 Å². The first-order valence-electron chi connectivity index (χ1n) is 17.9. The van der Waals surface area contributed by atoms with Crippen molar-refractivity contribution >= 4 is 17.4 Å². The summed E-state index contributed by atoms with van der Waals surface area (Å²) in [5.41, 5.74) is 4.53. The molecule has 5 heterocycles. The molecular weight excluding hydrogens is 644 g/mol. The van der Waals surface area contributed by atoms with Gasteiger partial charge in [-0.1, -0.05) is 50.6 Å². The number of benzene rings is 2. The molecular formula is C39H48N8O4. The summed E-state index contributed by atoms with van der Waals surface area (Å²) in [4.78, 5) is 17.8. The fourth-order valence-corrected chi connectivity index (χ4v) is 6.46. The lowest BCUT2D eigenvalue weighted by molar-refractivity contribution is -0.117. The molecule has 3 aromatic heterocycles. The topological polar surface area (TPSA) is 111 Å². The zero-order valence-corrected chi connectivity index (χ0v) is 30.0. The third-order valence-electron chi connectivity index (χ3n) is 9.48. The molecule has 2 fully saturated rings. The second-order valence-corrected chi connectivity index (χ2v) is 14.5. The number of nitrogens with one attached hydrogen (secondary N) is 1. The van der Waals surface area contributed by atoms with Crippen molar-refractivity contribution in [2.24, 2.45) is 0 Å². The van der Waals surface area contributed by atoms with Crippen LogP contribution in [0.1, 0.15) is 44.9 Å². The van der Waals surface area contributed by atoms with Gasteiger partial charge in [0.05, 0.1) is 37.3 Å². The number of aromatic nitrogens is 5. The molecule has 0 atom stereocenters. The molecule has 0 unspecified atom stereocenters. The first-order valence-corrected chi connectivity index (χ1v) is 17.9. The van der Waals surface area contributed by atoms with E-state index in [2.05, 4.69) is 65.1 Å². The Kier molecular flexibility index (Phi) is 10.3. The van der Waals surface area contributed by atoms with E-state index in [1.807, 2.05) is 69.9 Å². The predicted molar refractivity (Wildman–Crippen MR) is 197 cm³/mol. The summed E-state index contributed by atoms with van der Waals surface area (Å²) in [6.45, 7) is 15.2. The van der Waals surface area contributed by atoms with Gasteiger partial charge in [0.1, 0.15) is 30.0 Å². The number of nitrogens with zero attached hydrogens (tertiary/aromatic N) is 7. The highest BCUT2D eigenvalue weighted by Crippen LogP contribution is 2.28.